The molecule has 0 saturated carbocycles. The van der Waals surface area contributed by atoms with Crippen molar-refractivity contribution in [3.63, 3.8) is 0 Å². The first kappa shape index (κ1) is 21.4. The van der Waals surface area contributed by atoms with Gasteiger partial charge in [-0.3, -0.25) is 9.69 Å². The molecule has 1 aromatic rings. The quantitative estimate of drug-likeness (QED) is 0.764. The Morgan fingerprint density at radius 2 is 1.66 bits per heavy atom. The van der Waals surface area contributed by atoms with Gasteiger partial charge in [-0.15, -0.1) is 0 Å². The highest BCUT2D eigenvalue weighted by Gasteiger charge is 2.23. The molecule has 7 nitrogen and oxygen atoms in total. The molecule has 160 valence electrons. The number of hydrogen-bond acceptors (Lipinski definition) is 4. The minimum Gasteiger partial charge on any atom is -0.465 e. The molecule has 2 N–H and O–H groups in total. The number of hydrogen-bond donors (Lipinski definition) is 2. The third-order valence-electron chi connectivity index (χ3n) is 6.14. The normalized spacial score (nSPS) is 18.9. The van der Waals surface area contributed by atoms with Crippen LogP contribution in [0.4, 0.5) is 16.2 Å². The standard InChI is InChI=1S/C22H34N4O3/c1-17(2)21(27)23-19-3-5-20(6-4-19)25-15-13-24(14-16-25)10-7-18-8-11-26(12-9-18)22(28)29/h3-6,17-18H,7-16H2,1-2H3,(H,23,27)(H,28,29). The molecule has 0 unspecified atom stereocenters. The van der Waals surface area contributed by atoms with Crippen molar-refractivity contribution >= 4 is 23.4 Å². The first-order valence-corrected chi connectivity index (χ1v) is 10.8. The predicted octanol–water partition coefficient (Wildman–Crippen LogP) is 3.18. The second-order valence-electron chi connectivity index (χ2n) is 8.52. The lowest BCUT2D eigenvalue weighted by atomic mass is 9.93. The van der Waals surface area contributed by atoms with Gasteiger partial charge in [0.05, 0.1) is 0 Å². The molecule has 2 aliphatic heterocycles. The van der Waals surface area contributed by atoms with E-state index in [0.717, 1.165) is 57.7 Å². The average Bonchev–Trinajstić information content (AvgIpc) is 2.73. The fraction of sp³-hybridized carbons (Fsp3) is 0.636. The van der Waals surface area contributed by atoms with Crippen LogP contribution >= 0.6 is 0 Å². The fourth-order valence-corrected chi connectivity index (χ4v) is 4.05. The third kappa shape index (κ3) is 6.10. The molecule has 7 heteroatoms. The lowest BCUT2D eigenvalue weighted by Gasteiger charge is -2.37. The molecule has 2 heterocycles. The highest BCUT2D eigenvalue weighted by Crippen LogP contribution is 2.23. The molecular formula is C22H34N4O3. The number of rotatable bonds is 6. The van der Waals surface area contributed by atoms with Crippen LogP contribution in [0.3, 0.4) is 0 Å². The minimum absolute atomic E-state index is 0.0209. The molecule has 3 rings (SSSR count). The summed E-state index contributed by atoms with van der Waals surface area (Å²) >= 11 is 0. The Morgan fingerprint density at radius 1 is 1.03 bits per heavy atom. The number of piperazine rings is 1. The lowest BCUT2D eigenvalue weighted by Crippen LogP contribution is -2.47. The van der Waals surface area contributed by atoms with E-state index in [1.54, 1.807) is 0 Å². The van der Waals surface area contributed by atoms with E-state index in [2.05, 4.69) is 27.2 Å². The van der Waals surface area contributed by atoms with Gasteiger partial charge in [0.2, 0.25) is 5.91 Å². The van der Waals surface area contributed by atoms with Crippen molar-refractivity contribution in [2.75, 3.05) is 56.0 Å². The largest absolute Gasteiger partial charge is 0.465 e. The summed E-state index contributed by atoms with van der Waals surface area (Å²) in [5.41, 5.74) is 2.05. The summed E-state index contributed by atoms with van der Waals surface area (Å²) in [5.74, 6) is 0.671. The smallest absolute Gasteiger partial charge is 0.407 e. The van der Waals surface area contributed by atoms with Crippen LogP contribution in [-0.2, 0) is 4.79 Å². The number of carboxylic acid groups (broad SMARTS) is 1. The number of nitrogens with one attached hydrogen (secondary N) is 1. The van der Waals surface area contributed by atoms with Crippen molar-refractivity contribution < 1.29 is 14.7 Å². The summed E-state index contributed by atoms with van der Waals surface area (Å²) in [6.07, 6.45) is 2.37. The number of amides is 2. The molecule has 0 bridgehead atoms. The van der Waals surface area contributed by atoms with Crippen LogP contribution in [0.2, 0.25) is 0 Å². The van der Waals surface area contributed by atoms with E-state index in [-0.39, 0.29) is 11.8 Å². The van der Waals surface area contributed by atoms with Crippen molar-refractivity contribution in [3.8, 4) is 0 Å². The van der Waals surface area contributed by atoms with E-state index >= 15 is 0 Å². The molecule has 0 atom stereocenters. The van der Waals surface area contributed by atoms with Gasteiger partial charge >= 0.3 is 6.09 Å². The van der Waals surface area contributed by atoms with Crippen LogP contribution in [0.15, 0.2) is 24.3 Å². The van der Waals surface area contributed by atoms with E-state index in [1.165, 1.54) is 10.6 Å². The van der Waals surface area contributed by atoms with Gasteiger partial charge < -0.3 is 20.2 Å². The van der Waals surface area contributed by atoms with Gasteiger partial charge in [-0.2, -0.15) is 0 Å². The summed E-state index contributed by atoms with van der Waals surface area (Å²) in [6.45, 7) is 10.4. The monoisotopic (exact) mass is 402 g/mol. The highest BCUT2D eigenvalue weighted by atomic mass is 16.4. The maximum Gasteiger partial charge on any atom is 0.407 e. The van der Waals surface area contributed by atoms with Crippen LogP contribution in [0.1, 0.15) is 33.1 Å². The van der Waals surface area contributed by atoms with Gasteiger partial charge in [-0.05, 0) is 56.0 Å². The fourth-order valence-electron chi connectivity index (χ4n) is 4.05. The lowest BCUT2D eigenvalue weighted by molar-refractivity contribution is -0.118. The van der Waals surface area contributed by atoms with Gasteiger partial charge in [0.1, 0.15) is 0 Å². The van der Waals surface area contributed by atoms with Crippen molar-refractivity contribution in [1.82, 2.24) is 9.80 Å². The number of carbonyl (C=O) groups excluding carboxylic acids is 1. The van der Waals surface area contributed by atoms with E-state index in [9.17, 15) is 9.59 Å². The Labute approximate surface area is 173 Å². The van der Waals surface area contributed by atoms with Crippen LogP contribution in [0.5, 0.6) is 0 Å². The highest BCUT2D eigenvalue weighted by molar-refractivity contribution is 5.92. The van der Waals surface area contributed by atoms with E-state index < -0.39 is 6.09 Å². The van der Waals surface area contributed by atoms with Crippen molar-refractivity contribution in [1.29, 1.82) is 0 Å². The van der Waals surface area contributed by atoms with Crippen LogP contribution < -0.4 is 10.2 Å². The van der Waals surface area contributed by atoms with Crippen LogP contribution in [0.25, 0.3) is 0 Å². The summed E-state index contributed by atoms with van der Waals surface area (Å²) in [7, 11) is 0. The van der Waals surface area contributed by atoms with E-state index in [1.807, 2.05) is 26.0 Å². The first-order valence-electron chi connectivity index (χ1n) is 10.8. The molecule has 2 amide bonds. The van der Waals surface area contributed by atoms with Gasteiger partial charge in [0.15, 0.2) is 0 Å². The summed E-state index contributed by atoms with van der Waals surface area (Å²) < 4.78 is 0. The predicted molar refractivity (Wildman–Crippen MR) is 116 cm³/mol. The van der Waals surface area contributed by atoms with Crippen molar-refractivity contribution in [2.45, 2.75) is 33.1 Å². The Hall–Kier alpha value is -2.28. The molecule has 1 aromatic carbocycles. The molecular weight excluding hydrogens is 368 g/mol. The molecule has 29 heavy (non-hydrogen) atoms. The Balaban J connectivity index is 1.38. The molecule has 0 radical (unpaired) electrons. The topological polar surface area (TPSA) is 76.1 Å². The van der Waals surface area contributed by atoms with Gasteiger partial charge in [0, 0.05) is 56.6 Å². The summed E-state index contributed by atoms with van der Waals surface area (Å²) in [6, 6.07) is 8.13. The van der Waals surface area contributed by atoms with E-state index in [4.69, 9.17) is 5.11 Å². The number of benzene rings is 1. The zero-order valence-electron chi connectivity index (χ0n) is 17.6. The van der Waals surface area contributed by atoms with Crippen LogP contribution in [-0.4, -0.2) is 72.7 Å². The maximum absolute atomic E-state index is 11.8. The second kappa shape index (κ2) is 9.96. The van der Waals surface area contributed by atoms with E-state index in [0.29, 0.717) is 19.0 Å². The van der Waals surface area contributed by atoms with Crippen LogP contribution in [0, 0.1) is 11.8 Å². The minimum atomic E-state index is -0.782. The SMILES string of the molecule is CC(C)C(=O)Nc1ccc(N2CCN(CCC3CCN(C(=O)O)CC3)CC2)cc1. The molecule has 0 aromatic heterocycles. The average molecular weight is 403 g/mol. The number of anilines is 2. The van der Waals surface area contributed by atoms with Gasteiger partial charge in [-0.25, -0.2) is 4.79 Å². The first-order chi connectivity index (χ1) is 13.9. The molecule has 2 fully saturated rings. The maximum atomic E-state index is 11.8. The third-order valence-corrected chi connectivity index (χ3v) is 6.14. The summed E-state index contributed by atoms with van der Waals surface area (Å²) in [5, 5.41) is 12.0. The zero-order chi connectivity index (χ0) is 20.8. The molecule has 0 spiro atoms. The van der Waals surface area contributed by atoms with Gasteiger partial charge in [-0.1, -0.05) is 13.8 Å². The number of nitrogens with zero attached hydrogens (tertiary/aromatic N) is 3. The Bertz CT molecular complexity index is 676. The number of likely N-dealkylation sites (tertiary alicyclic amines) is 1. The summed E-state index contributed by atoms with van der Waals surface area (Å²) in [4.78, 5) is 29.3. The van der Waals surface area contributed by atoms with Crippen molar-refractivity contribution in [2.24, 2.45) is 11.8 Å². The number of piperidine rings is 1. The molecule has 2 saturated heterocycles. The second-order valence-corrected chi connectivity index (χ2v) is 8.52. The number of carbonyl (C=O) groups is 2. The Morgan fingerprint density at radius 3 is 2.21 bits per heavy atom. The molecule has 0 aliphatic carbocycles. The van der Waals surface area contributed by atoms with Gasteiger partial charge in [0.25, 0.3) is 0 Å². The molecule has 2 aliphatic rings. The zero-order valence-corrected chi connectivity index (χ0v) is 17.6. The Kier molecular flexibility index (Phi) is 7.36. The van der Waals surface area contributed by atoms with Crippen molar-refractivity contribution in [3.05, 3.63) is 24.3 Å².